The molecule has 0 N–H and O–H groups in total. The maximum absolute atomic E-state index is 11.7. The van der Waals surface area contributed by atoms with Crippen LogP contribution >= 0.6 is 0 Å². The second-order valence-corrected chi connectivity index (χ2v) is 13.2. The summed E-state index contributed by atoms with van der Waals surface area (Å²) in [5.41, 5.74) is 0. The van der Waals surface area contributed by atoms with Crippen molar-refractivity contribution in [3.8, 4) is 0 Å². The van der Waals surface area contributed by atoms with Crippen LogP contribution in [0.4, 0.5) is 0 Å². The fourth-order valence-corrected chi connectivity index (χ4v) is 7.45. The van der Waals surface area contributed by atoms with E-state index < -0.39 is 8.32 Å². The Hall–Kier alpha value is -0.433. The van der Waals surface area contributed by atoms with E-state index in [-0.39, 0.29) is 36.3 Å². The van der Waals surface area contributed by atoms with Crippen LogP contribution in [0.2, 0.25) is 19.1 Å². The predicted molar refractivity (Wildman–Crippen MR) is 97.6 cm³/mol. The number of hydrogen-bond donors (Lipinski definition) is 0. The number of fused-ring (bicyclic) bond motifs is 1. The highest BCUT2D eigenvalue weighted by molar-refractivity contribution is 6.71. The quantitative estimate of drug-likeness (QED) is 0.505. The molecule has 6 heteroatoms. The summed E-state index contributed by atoms with van der Waals surface area (Å²) in [4.78, 5) is 11.7. The third-order valence-electron chi connectivity index (χ3n) is 5.69. The van der Waals surface area contributed by atoms with Gasteiger partial charge in [0, 0.05) is 31.5 Å². The molecule has 1 saturated carbocycles. The zero-order chi connectivity index (χ0) is 18.0. The highest BCUT2D eigenvalue weighted by atomic mass is 28.4. The summed E-state index contributed by atoms with van der Waals surface area (Å²) in [5, 5.41) is 0. The topological polar surface area (TPSA) is 54.0 Å². The molecule has 2 saturated heterocycles. The molecule has 0 aromatic carbocycles. The molecule has 25 heavy (non-hydrogen) atoms. The van der Waals surface area contributed by atoms with Crippen LogP contribution in [-0.4, -0.2) is 46.0 Å². The Bertz CT molecular complexity index is 461. The van der Waals surface area contributed by atoms with Crippen molar-refractivity contribution in [2.24, 2.45) is 17.8 Å². The van der Waals surface area contributed by atoms with E-state index in [9.17, 15) is 4.79 Å². The molecule has 0 bridgehead atoms. The SMILES string of the molecule is CC(C)C[Si](C)(C)OCC1C(OC2CCCCO2)C[C@@H]2OC(=O)CC12. The van der Waals surface area contributed by atoms with Crippen LogP contribution in [0.5, 0.6) is 0 Å². The number of rotatable bonds is 7. The first-order valence-corrected chi connectivity index (χ1v) is 13.1. The van der Waals surface area contributed by atoms with Crippen LogP contribution in [-0.2, 0) is 23.4 Å². The van der Waals surface area contributed by atoms with Gasteiger partial charge in [-0.1, -0.05) is 13.8 Å². The van der Waals surface area contributed by atoms with Gasteiger partial charge >= 0.3 is 5.97 Å². The van der Waals surface area contributed by atoms with Crippen LogP contribution in [0.1, 0.15) is 46.0 Å². The van der Waals surface area contributed by atoms with Crippen LogP contribution in [0, 0.1) is 17.8 Å². The Morgan fingerprint density at radius 2 is 2.08 bits per heavy atom. The molecule has 0 aromatic heterocycles. The summed E-state index contributed by atoms with van der Waals surface area (Å²) in [5.74, 6) is 1.06. The third kappa shape index (κ3) is 5.06. The molecule has 0 radical (unpaired) electrons. The van der Waals surface area contributed by atoms with Crippen molar-refractivity contribution in [1.29, 1.82) is 0 Å². The third-order valence-corrected chi connectivity index (χ3v) is 8.43. The van der Waals surface area contributed by atoms with Gasteiger partial charge in [-0.25, -0.2) is 0 Å². The second-order valence-electron chi connectivity index (χ2n) is 8.94. The summed E-state index contributed by atoms with van der Waals surface area (Å²) in [6.07, 6.45) is 4.53. The van der Waals surface area contributed by atoms with Crippen molar-refractivity contribution in [3.63, 3.8) is 0 Å². The molecule has 4 unspecified atom stereocenters. The van der Waals surface area contributed by atoms with E-state index in [4.69, 9.17) is 18.6 Å². The first-order valence-electron chi connectivity index (χ1n) is 9.94. The molecule has 1 aliphatic carbocycles. The molecule has 0 amide bonds. The Labute approximate surface area is 152 Å². The minimum absolute atomic E-state index is 0.00423. The zero-order valence-corrected chi connectivity index (χ0v) is 17.2. The normalized spacial score (nSPS) is 35.9. The standard InChI is InChI=1S/C19H34O5Si/c1-13(2)12-25(3,4)22-11-15-14-9-18(20)23-16(14)10-17(15)24-19-7-5-6-8-21-19/h13-17,19H,5-12H2,1-4H3/t14?,15?,16-,17?,19?/m0/s1. The van der Waals surface area contributed by atoms with Crippen molar-refractivity contribution < 1.29 is 23.4 Å². The molecular formula is C19H34O5Si. The molecule has 144 valence electrons. The lowest BCUT2D eigenvalue weighted by atomic mass is 9.93. The number of ether oxygens (including phenoxy) is 3. The van der Waals surface area contributed by atoms with Crippen LogP contribution in [0.3, 0.4) is 0 Å². The number of hydrogen-bond acceptors (Lipinski definition) is 5. The van der Waals surface area contributed by atoms with Crippen molar-refractivity contribution >= 4 is 14.3 Å². The van der Waals surface area contributed by atoms with Crippen molar-refractivity contribution in [2.45, 2.75) is 83.6 Å². The van der Waals surface area contributed by atoms with Gasteiger partial charge in [-0.05, 0) is 44.3 Å². The van der Waals surface area contributed by atoms with Gasteiger partial charge in [0.2, 0.25) is 0 Å². The number of esters is 1. The Morgan fingerprint density at radius 1 is 1.28 bits per heavy atom. The summed E-state index contributed by atoms with van der Waals surface area (Å²) < 4.78 is 24.0. The first kappa shape index (κ1) is 19.3. The zero-order valence-electron chi connectivity index (χ0n) is 16.2. The molecule has 2 heterocycles. The maximum Gasteiger partial charge on any atom is 0.306 e. The predicted octanol–water partition coefficient (Wildman–Crippen LogP) is 3.73. The molecule has 5 atom stereocenters. The summed E-state index contributed by atoms with van der Waals surface area (Å²) in [6.45, 7) is 10.5. The van der Waals surface area contributed by atoms with E-state index in [0.29, 0.717) is 18.9 Å². The van der Waals surface area contributed by atoms with Gasteiger partial charge in [0.05, 0.1) is 12.5 Å². The highest BCUT2D eigenvalue weighted by Crippen LogP contribution is 2.44. The molecule has 0 aromatic rings. The molecule has 3 fully saturated rings. The maximum atomic E-state index is 11.7. The lowest BCUT2D eigenvalue weighted by Gasteiger charge is -2.32. The van der Waals surface area contributed by atoms with Crippen LogP contribution in [0.15, 0.2) is 0 Å². The molecule has 0 spiro atoms. The van der Waals surface area contributed by atoms with Crippen LogP contribution in [0.25, 0.3) is 0 Å². The minimum atomic E-state index is -1.69. The van der Waals surface area contributed by atoms with E-state index in [2.05, 4.69) is 26.9 Å². The lowest BCUT2D eigenvalue weighted by molar-refractivity contribution is -0.198. The van der Waals surface area contributed by atoms with Gasteiger partial charge in [0.1, 0.15) is 6.10 Å². The molecule has 3 rings (SSSR count). The average Bonchev–Trinajstić information content (AvgIpc) is 3.01. The Balaban J connectivity index is 1.61. The highest BCUT2D eigenvalue weighted by Gasteiger charge is 2.51. The fraction of sp³-hybridized carbons (Fsp3) is 0.947. The number of carbonyl (C=O) groups is 1. The van der Waals surface area contributed by atoms with Crippen molar-refractivity contribution in [2.75, 3.05) is 13.2 Å². The van der Waals surface area contributed by atoms with Gasteiger partial charge in [-0.15, -0.1) is 0 Å². The van der Waals surface area contributed by atoms with Crippen LogP contribution < -0.4 is 0 Å². The molecule has 5 nitrogen and oxygen atoms in total. The van der Waals surface area contributed by atoms with E-state index >= 15 is 0 Å². The first-order chi connectivity index (χ1) is 11.8. The van der Waals surface area contributed by atoms with E-state index in [1.165, 1.54) is 0 Å². The van der Waals surface area contributed by atoms with Crippen molar-refractivity contribution in [3.05, 3.63) is 0 Å². The summed E-state index contributed by atoms with van der Waals surface area (Å²) in [7, 11) is -1.69. The Kier molecular flexibility index (Phi) is 6.24. The average molecular weight is 371 g/mol. The summed E-state index contributed by atoms with van der Waals surface area (Å²) in [6, 6.07) is 1.15. The minimum Gasteiger partial charge on any atom is -0.462 e. The van der Waals surface area contributed by atoms with Gasteiger partial charge in [0.25, 0.3) is 0 Å². The largest absolute Gasteiger partial charge is 0.462 e. The van der Waals surface area contributed by atoms with Gasteiger partial charge in [0.15, 0.2) is 14.6 Å². The lowest BCUT2D eigenvalue weighted by Crippen LogP contribution is -2.39. The monoisotopic (exact) mass is 370 g/mol. The Morgan fingerprint density at radius 3 is 2.76 bits per heavy atom. The van der Waals surface area contributed by atoms with E-state index in [1.54, 1.807) is 0 Å². The van der Waals surface area contributed by atoms with Crippen molar-refractivity contribution in [1.82, 2.24) is 0 Å². The van der Waals surface area contributed by atoms with E-state index in [1.807, 2.05) is 0 Å². The van der Waals surface area contributed by atoms with Gasteiger partial charge in [-0.3, -0.25) is 4.79 Å². The number of carbonyl (C=O) groups excluding carboxylic acids is 1. The molecule has 3 aliphatic rings. The van der Waals surface area contributed by atoms with Gasteiger partial charge < -0.3 is 18.6 Å². The molecule has 2 aliphatic heterocycles. The smallest absolute Gasteiger partial charge is 0.306 e. The fourth-order valence-electron chi connectivity index (χ4n) is 4.72. The van der Waals surface area contributed by atoms with E-state index in [0.717, 1.165) is 38.3 Å². The summed E-state index contributed by atoms with van der Waals surface area (Å²) >= 11 is 0. The second kappa shape index (κ2) is 8.07. The van der Waals surface area contributed by atoms with Gasteiger partial charge in [-0.2, -0.15) is 0 Å². The molecular weight excluding hydrogens is 336 g/mol.